The van der Waals surface area contributed by atoms with E-state index >= 15 is 0 Å². The maximum Gasteiger partial charge on any atom is 0.171 e. The summed E-state index contributed by atoms with van der Waals surface area (Å²) in [7, 11) is -3.33. The first-order chi connectivity index (χ1) is 11.6. The van der Waals surface area contributed by atoms with Crippen molar-refractivity contribution in [3.8, 4) is 0 Å². The Hall–Kier alpha value is -1.41. The predicted octanol–water partition coefficient (Wildman–Crippen LogP) is 2.30. The van der Waals surface area contributed by atoms with Crippen molar-refractivity contribution in [3.63, 3.8) is 0 Å². The van der Waals surface area contributed by atoms with E-state index in [9.17, 15) is 23.4 Å². The summed E-state index contributed by atoms with van der Waals surface area (Å²) in [6.07, 6.45) is 0.658. The van der Waals surface area contributed by atoms with Crippen LogP contribution >= 0.6 is 0 Å². The van der Waals surface area contributed by atoms with Crippen molar-refractivity contribution in [2.75, 3.05) is 12.4 Å². The summed E-state index contributed by atoms with van der Waals surface area (Å²) in [5.74, 6) is -0.738. The van der Waals surface area contributed by atoms with Gasteiger partial charge in [-0.05, 0) is 26.7 Å². The van der Waals surface area contributed by atoms with Gasteiger partial charge >= 0.3 is 0 Å². The van der Waals surface area contributed by atoms with E-state index in [1.165, 1.54) is 6.92 Å². The molecule has 0 aliphatic heterocycles. The van der Waals surface area contributed by atoms with Gasteiger partial charge in [-0.25, -0.2) is 8.42 Å². The van der Waals surface area contributed by atoms with Gasteiger partial charge in [-0.2, -0.15) is 0 Å². The number of Topliss-reactive ketones (excluding diaryl/α,β-unsaturated/α-hetero) is 1. The topological polar surface area (TPSA) is 113 Å². The molecule has 0 bridgehead atoms. The first-order valence-corrected chi connectivity index (χ1v) is 10.4. The van der Waals surface area contributed by atoms with Crippen molar-refractivity contribution in [3.05, 3.63) is 11.3 Å². The molecule has 8 heteroatoms. The van der Waals surface area contributed by atoms with E-state index < -0.39 is 26.5 Å². The Morgan fingerprint density at radius 2 is 1.96 bits per heavy atom. The van der Waals surface area contributed by atoms with Crippen LogP contribution in [-0.2, 0) is 19.5 Å². The van der Waals surface area contributed by atoms with Crippen LogP contribution in [0.5, 0.6) is 0 Å². The molecule has 7 nitrogen and oxygen atoms in total. The number of sulfone groups is 1. The van der Waals surface area contributed by atoms with E-state index in [2.05, 4.69) is 5.16 Å². The lowest BCUT2D eigenvalue weighted by atomic mass is 9.78. The zero-order valence-corrected chi connectivity index (χ0v) is 16.2. The van der Waals surface area contributed by atoms with Crippen LogP contribution < -0.4 is 0 Å². The molecule has 0 amide bonds. The lowest BCUT2D eigenvalue weighted by molar-refractivity contribution is -0.122. The number of allylic oxidation sites excluding steroid dienone is 1. The molecule has 1 aliphatic rings. The fraction of sp³-hybridized carbons (Fsp3) is 0.765. The monoisotopic (exact) mass is 375 g/mol. The molecule has 2 unspecified atom stereocenters. The molecule has 25 heavy (non-hydrogen) atoms. The molecule has 0 spiro atoms. The van der Waals surface area contributed by atoms with Gasteiger partial charge in [-0.1, -0.05) is 25.4 Å². The molecular weight excluding hydrogens is 346 g/mol. The number of rotatable bonds is 9. The Kier molecular flexibility index (Phi) is 7.62. The van der Waals surface area contributed by atoms with Gasteiger partial charge in [-0.15, -0.1) is 0 Å². The van der Waals surface area contributed by atoms with Crippen molar-refractivity contribution >= 4 is 21.3 Å². The van der Waals surface area contributed by atoms with Crippen molar-refractivity contribution in [1.82, 2.24) is 0 Å². The highest BCUT2D eigenvalue weighted by Crippen LogP contribution is 2.35. The van der Waals surface area contributed by atoms with Crippen LogP contribution in [0.4, 0.5) is 0 Å². The van der Waals surface area contributed by atoms with Gasteiger partial charge in [0.25, 0.3) is 0 Å². The molecule has 0 aromatic rings. The fourth-order valence-corrected chi connectivity index (χ4v) is 4.16. The lowest BCUT2D eigenvalue weighted by Crippen LogP contribution is -2.42. The Morgan fingerprint density at radius 1 is 1.32 bits per heavy atom. The Balaban J connectivity index is 3.10. The summed E-state index contributed by atoms with van der Waals surface area (Å²) in [6.45, 7) is 7.07. The minimum atomic E-state index is -3.33. The molecule has 2 N–H and O–H groups in total. The first-order valence-electron chi connectivity index (χ1n) is 8.68. The number of hydrogen-bond acceptors (Lipinski definition) is 7. The number of nitrogens with zero attached hydrogens (tertiary/aromatic N) is 1. The molecule has 0 saturated carbocycles. The molecule has 1 rings (SSSR count). The summed E-state index contributed by atoms with van der Waals surface area (Å²) in [4.78, 5) is 17.6. The third-order valence-corrected chi connectivity index (χ3v) is 6.51. The Bertz CT molecular complexity index is 652. The molecule has 0 aromatic carbocycles. The summed E-state index contributed by atoms with van der Waals surface area (Å²) in [5.41, 5.74) is -1.12. The number of hydrogen-bond donors (Lipinski definition) is 2. The molecule has 144 valence electrons. The number of oxime groups is 1. The summed E-state index contributed by atoms with van der Waals surface area (Å²) in [5, 5.41) is 24.2. The minimum absolute atomic E-state index is 0.0348. The van der Waals surface area contributed by atoms with Gasteiger partial charge in [0.2, 0.25) is 0 Å². The number of aliphatic hydroxyl groups is 2. The maximum absolute atomic E-state index is 12.5. The summed E-state index contributed by atoms with van der Waals surface area (Å²) in [6, 6.07) is 0. The van der Waals surface area contributed by atoms with E-state index in [0.29, 0.717) is 25.2 Å². The third kappa shape index (κ3) is 5.54. The summed E-state index contributed by atoms with van der Waals surface area (Å²) >= 11 is 0. The van der Waals surface area contributed by atoms with E-state index in [0.717, 1.165) is 0 Å². The second-order valence-corrected chi connectivity index (χ2v) is 9.20. The van der Waals surface area contributed by atoms with Crippen molar-refractivity contribution in [2.45, 2.75) is 70.7 Å². The van der Waals surface area contributed by atoms with Gasteiger partial charge in [0.05, 0.1) is 22.1 Å². The predicted molar refractivity (Wildman–Crippen MR) is 96.4 cm³/mol. The van der Waals surface area contributed by atoms with Crippen molar-refractivity contribution in [2.24, 2.45) is 5.16 Å². The zero-order valence-electron chi connectivity index (χ0n) is 15.4. The molecular formula is C17H29NO6S. The number of carbonyl (C=O) groups is 1. The van der Waals surface area contributed by atoms with E-state index in [1.807, 2.05) is 6.92 Å². The number of aliphatic hydroxyl groups excluding tert-OH is 1. The smallest absolute Gasteiger partial charge is 0.171 e. The Labute approximate surface area is 149 Å². The van der Waals surface area contributed by atoms with Crippen LogP contribution in [0.2, 0.25) is 0 Å². The third-order valence-electron chi connectivity index (χ3n) is 4.32. The highest BCUT2D eigenvalue weighted by molar-refractivity contribution is 7.91. The highest BCUT2D eigenvalue weighted by atomic mass is 32.2. The molecule has 1 aliphatic carbocycles. The fourth-order valence-electron chi connectivity index (χ4n) is 3.02. The normalized spacial score (nSPS) is 23.7. The van der Waals surface area contributed by atoms with Crippen molar-refractivity contribution < 1.29 is 28.3 Å². The van der Waals surface area contributed by atoms with Crippen LogP contribution in [0.3, 0.4) is 0 Å². The molecule has 0 radical (unpaired) electrons. The largest absolute Gasteiger partial charge is 0.511 e. The van der Waals surface area contributed by atoms with Crippen LogP contribution in [0, 0.1) is 0 Å². The van der Waals surface area contributed by atoms with Crippen LogP contribution in [0.15, 0.2) is 16.5 Å². The van der Waals surface area contributed by atoms with Crippen LogP contribution in [0.25, 0.3) is 0 Å². The molecule has 0 heterocycles. The number of carbonyl (C=O) groups excluding carboxylic acids is 1. The SMILES string of the molecule is CCCC(=NOCC)C1=C(O)CC(O)(CC(C)S(=O)(=O)CC)CC1=O. The van der Waals surface area contributed by atoms with E-state index in [4.69, 9.17) is 4.84 Å². The quantitative estimate of drug-likeness (QED) is 0.472. The second-order valence-electron chi connectivity index (χ2n) is 6.49. The Morgan fingerprint density at radius 3 is 2.44 bits per heavy atom. The van der Waals surface area contributed by atoms with Gasteiger partial charge in [0.15, 0.2) is 15.6 Å². The lowest BCUT2D eigenvalue weighted by Gasteiger charge is -2.34. The molecule has 0 fully saturated rings. The summed E-state index contributed by atoms with van der Waals surface area (Å²) < 4.78 is 23.9. The van der Waals surface area contributed by atoms with Gasteiger partial charge < -0.3 is 15.1 Å². The van der Waals surface area contributed by atoms with Crippen molar-refractivity contribution in [1.29, 1.82) is 0 Å². The highest BCUT2D eigenvalue weighted by Gasteiger charge is 2.42. The molecule has 0 aromatic heterocycles. The number of ketones is 1. The minimum Gasteiger partial charge on any atom is -0.511 e. The van der Waals surface area contributed by atoms with Gasteiger partial charge in [0.1, 0.15) is 12.4 Å². The van der Waals surface area contributed by atoms with Gasteiger partial charge in [0, 0.05) is 18.6 Å². The van der Waals surface area contributed by atoms with E-state index in [-0.39, 0.29) is 36.3 Å². The first kappa shape index (κ1) is 21.6. The molecule has 2 atom stereocenters. The van der Waals surface area contributed by atoms with E-state index in [1.54, 1.807) is 13.8 Å². The average molecular weight is 375 g/mol. The molecule has 0 saturated heterocycles. The standard InChI is InChI=1S/C17H29NO6S/c1-5-8-13(18-24-6-2)16-14(19)10-17(21,11-15(16)20)9-12(4)25(22,23)7-3/h12,19,21H,5-11H2,1-4H3. The van der Waals surface area contributed by atoms with Crippen LogP contribution in [-0.4, -0.2) is 53.3 Å². The van der Waals surface area contributed by atoms with Gasteiger partial charge in [-0.3, -0.25) is 4.79 Å². The van der Waals surface area contributed by atoms with Crippen LogP contribution in [0.1, 0.15) is 59.8 Å². The average Bonchev–Trinajstić information content (AvgIpc) is 2.51. The second kappa shape index (κ2) is 8.80. The maximum atomic E-state index is 12.5. The zero-order chi connectivity index (χ0) is 19.3.